The van der Waals surface area contributed by atoms with Crippen molar-refractivity contribution in [3.05, 3.63) is 50.3 Å². The van der Waals surface area contributed by atoms with Gasteiger partial charge in [-0.3, -0.25) is 10.1 Å². The Hall–Kier alpha value is -3.04. The van der Waals surface area contributed by atoms with Gasteiger partial charge < -0.3 is 15.4 Å². The van der Waals surface area contributed by atoms with Crippen LogP contribution in [0, 0.1) is 20.2 Å². The maximum Gasteiger partial charge on any atom is 0.490 e. The number of hydrogen-bond acceptors (Lipinski definition) is 7. The highest BCUT2D eigenvalue weighted by Crippen LogP contribution is 2.25. The van der Waals surface area contributed by atoms with Crippen molar-refractivity contribution in [3.63, 3.8) is 0 Å². The Morgan fingerprint density at radius 1 is 1.30 bits per heavy atom. The van der Waals surface area contributed by atoms with Gasteiger partial charge in [-0.05, 0) is 16.6 Å². The van der Waals surface area contributed by atoms with Gasteiger partial charge in [0, 0.05) is 18.2 Å². The summed E-state index contributed by atoms with van der Waals surface area (Å²) in [6, 6.07) is 4.52. The highest BCUT2D eigenvalue weighted by Gasteiger charge is 2.16. The first-order valence-corrected chi connectivity index (χ1v) is 5.50. The van der Waals surface area contributed by atoms with Crippen LogP contribution in [0.1, 0.15) is 5.56 Å². The lowest BCUT2D eigenvalue weighted by atomic mass is 10.1. The number of nitrogens with one attached hydrogen (secondary N) is 1. The van der Waals surface area contributed by atoms with E-state index in [0.29, 0.717) is 11.3 Å². The van der Waals surface area contributed by atoms with Crippen molar-refractivity contribution in [2.45, 2.75) is 6.54 Å². The summed E-state index contributed by atoms with van der Waals surface area (Å²) in [6.07, 6.45) is 1.23. The Bertz CT molecular complexity index is 668. The van der Waals surface area contributed by atoms with Crippen molar-refractivity contribution in [1.82, 2.24) is 14.8 Å². The molecule has 2 aromatic rings. The summed E-state index contributed by atoms with van der Waals surface area (Å²) in [5.74, 6) is -0.485. The Balaban J connectivity index is 2.25. The third kappa shape index (κ3) is 2.68. The number of aromatic nitrogens is 3. The highest BCUT2D eigenvalue weighted by atomic mass is 16.6. The molecule has 10 heteroatoms. The van der Waals surface area contributed by atoms with Crippen molar-refractivity contribution in [1.29, 1.82) is 0 Å². The second-order valence-corrected chi connectivity index (χ2v) is 3.86. The third-order valence-corrected chi connectivity index (χ3v) is 2.56. The van der Waals surface area contributed by atoms with Crippen LogP contribution >= 0.6 is 0 Å². The van der Waals surface area contributed by atoms with Gasteiger partial charge in [-0.2, -0.15) is 4.68 Å². The summed E-state index contributed by atoms with van der Waals surface area (Å²) in [4.78, 5) is 23.6. The standard InChI is InChI=1S/C10H10N6O4/c1-11-8-4-7(2-3-9(8)15(17)18)5-14-6-12-10(13-14)16(19)20/h2-4,6,11H,5H2,1H3. The van der Waals surface area contributed by atoms with Crippen LogP contribution in [0.4, 0.5) is 17.3 Å². The van der Waals surface area contributed by atoms with Crippen molar-refractivity contribution < 1.29 is 9.85 Å². The van der Waals surface area contributed by atoms with Crippen LogP contribution in [0.25, 0.3) is 0 Å². The van der Waals surface area contributed by atoms with Gasteiger partial charge in [0.1, 0.15) is 5.69 Å². The summed E-state index contributed by atoms with van der Waals surface area (Å²) in [7, 11) is 1.58. The fraction of sp³-hybridized carbons (Fsp3) is 0.200. The minimum Gasteiger partial charge on any atom is -0.390 e. The Morgan fingerprint density at radius 2 is 2.05 bits per heavy atom. The predicted molar refractivity (Wildman–Crippen MR) is 68.4 cm³/mol. The molecular weight excluding hydrogens is 268 g/mol. The van der Waals surface area contributed by atoms with Gasteiger partial charge in [0.2, 0.25) is 6.33 Å². The van der Waals surface area contributed by atoms with Gasteiger partial charge in [-0.25, -0.2) is 0 Å². The van der Waals surface area contributed by atoms with Crippen LogP contribution in [-0.2, 0) is 6.54 Å². The Morgan fingerprint density at radius 3 is 2.60 bits per heavy atom. The molecular formula is C10H10N6O4. The number of nitro benzene ring substituents is 1. The highest BCUT2D eigenvalue weighted by molar-refractivity contribution is 5.62. The van der Waals surface area contributed by atoms with E-state index in [0.717, 1.165) is 0 Å². The molecule has 0 aliphatic carbocycles. The molecule has 0 amide bonds. The van der Waals surface area contributed by atoms with Crippen LogP contribution in [-0.4, -0.2) is 31.7 Å². The molecule has 0 aliphatic heterocycles. The number of hydrogen-bond donors (Lipinski definition) is 1. The number of nitro groups is 2. The first-order chi connectivity index (χ1) is 9.51. The summed E-state index contributed by atoms with van der Waals surface area (Å²) >= 11 is 0. The third-order valence-electron chi connectivity index (χ3n) is 2.56. The van der Waals surface area contributed by atoms with E-state index < -0.39 is 15.8 Å². The van der Waals surface area contributed by atoms with E-state index in [9.17, 15) is 20.2 Å². The molecule has 0 saturated carbocycles. The molecule has 0 aliphatic rings. The normalized spacial score (nSPS) is 10.2. The summed E-state index contributed by atoms with van der Waals surface area (Å²) < 4.78 is 1.29. The minimum atomic E-state index is -0.689. The minimum absolute atomic E-state index is 0.0409. The molecule has 1 aromatic heterocycles. The molecule has 104 valence electrons. The Kier molecular flexibility index (Phi) is 3.55. The number of nitrogens with zero attached hydrogens (tertiary/aromatic N) is 5. The first kappa shape index (κ1) is 13.4. The molecule has 0 spiro atoms. The van der Waals surface area contributed by atoms with Gasteiger partial charge in [0.15, 0.2) is 0 Å². The maximum atomic E-state index is 10.8. The fourth-order valence-corrected chi connectivity index (χ4v) is 1.67. The van der Waals surface area contributed by atoms with Crippen LogP contribution in [0.15, 0.2) is 24.5 Å². The largest absolute Gasteiger partial charge is 0.490 e. The zero-order chi connectivity index (χ0) is 14.7. The quantitative estimate of drug-likeness (QED) is 0.642. The van der Waals surface area contributed by atoms with E-state index in [4.69, 9.17) is 0 Å². The lowest BCUT2D eigenvalue weighted by Crippen LogP contribution is -2.03. The summed E-state index contributed by atoms with van der Waals surface area (Å²) in [5.41, 5.74) is 1.03. The second kappa shape index (κ2) is 5.30. The molecule has 20 heavy (non-hydrogen) atoms. The molecule has 1 heterocycles. The van der Waals surface area contributed by atoms with Crippen LogP contribution in [0.3, 0.4) is 0 Å². The fourth-order valence-electron chi connectivity index (χ4n) is 1.67. The van der Waals surface area contributed by atoms with Crippen molar-refractivity contribution in [2.75, 3.05) is 12.4 Å². The van der Waals surface area contributed by atoms with Gasteiger partial charge in [-0.15, -0.1) is 0 Å². The molecule has 1 aromatic carbocycles. The lowest BCUT2D eigenvalue weighted by Gasteiger charge is -2.04. The molecule has 0 bridgehead atoms. The molecule has 0 fully saturated rings. The van der Waals surface area contributed by atoms with E-state index in [2.05, 4.69) is 15.4 Å². The maximum absolute atomic E-state index is 10.8. The molecule has 0 saturated heterocycles. The van der Waals surface area contributed by atoms with E-state index in [1.165, 1.54) is 17.1 Å². The van der Waals surface area contributed by atoms with Gasteiger partial charge in [0.25, 0.3) is 5.69 Å². The van der Waals surface area contributed by atoms with E-state index >= 15 is 0 Å². The number of rotatable bonds is 5. The summed E-state index contributed by atoms with van der Waals surface area (Å²) in [6.45, 7) is 0.230. The predicted octanol–water partition coefficient (Wildman–Crippen LogP) is 1.18. The average Bonchev–Trinajstić information content (AvgIpc) is 2.87. The van der Waals surface area contributed by atoms with Gasteiger partial charge in [0.05, 0.1) is 11.5 Å². The first-order valence-electron chi connectivity index (χ1n) is 5.50. The summed E-state index contributed by atoms with van der Waals surface area (Å²) in [5, 5.41) is 27.7. The topological polar surface area (TPSA) is 129 Å². The zero-order valence-corrected chi connectivity index (χ0v) is 10.4. The van der Waals surface area contributed by atoms with Crippen molar-refractivity contribution >= 4 is 17.3 Å². The molecule has 0 atom stereocenters. The molecule has 0 unspecified atom stereocenters. The van der Waals surface area contributed by atoms with E-state index in [1.54, 1.807) is 19.2 Å². The monoisotopic (exact) mass is 278 g/mol. The van der Waals surface area contributed by atoms with Crippen molar-refractivity contribution in [3.8, 4) is 0 Å². The molecule has 10 nitrogen and oxygen atoms in total. The lowest BCUT2D eigenvalue weighted by molar-refractivity contribution is -0.394. The molecule has 1 N–H and O–H groups in total. The SMILES string of the molecule is CNc1cc(Cn2cnc([N+](=O)[O-])n2)ccc1[N+](=O)[O-]. The molecule has 2 rings (SSSR count). The number of benzene rings is 1. The van der Waals surface area contributed by atoms with E-state index in [1.807, 2.05) is 0 Å². The average molecular weight is 278 g/mol. The van der Waals surface area contributed by atoms with Crippen LogP contribution in [0.2, 0.25) is 0 Å². The zero-order valence-electron chi connectivity index (χ0n) is 10.4. The van der Waals surface area contributed by atoms with E-state index in [-0.39, 0.29) is 12.2 Å². The van der Waals surface area contributed by atoms with Gasteiger partial charge >= 0.3 is 5.95 Å². The molecule has 0 radical (unpaired) electrons. The number of anilines is 1. The second-order valence-electron chi connectivity index (χ2n) is 3.86. The van der Waals surface area contributed by atoms with Crippen LogP contribution < -0.4 is 5.32 Å². The van der Waals surface area contributed by atoms with Gasteiger partial charge in [-0.1, -0.05) is 11.1 Å². The smallest absolute Gasteiger partial charge is 0.390 e. The van der Waals surface area contributed by atoms with Crippen LogP contribution in [0.5, 0.6) is 0 Å². The van der Waals surface area contributed by atoms with Crippen molar-refractivity contribution in [2.24, 2.45) is 0 Å². The Labute approximate surface area is 112 Å².